The van der Waals surface area contributed by atoms with E-state index in [1.807, 2.05) is 12.1 Å². The predicted octanol–water partition coefficient (Wildman–Crippen LogP) is -0.202. The standard InChI is InChI=1S/C12H17O.ClH.Mg/c1-9-6-7-10(13-5)8-11(9)12(2,3)4;;/h6-8H,1H2,2-5H3;1H;/q-1;;+2/p-1. The van der Waals surface area contributed by atoms with Gasteiger partial charge in [-0.15, -0.1) is 5.56 Å². The maximum atomic E-state index is 5.18. The largest absolute Gasteiger partial charge is 2.00 e. The fourth-order valence-corrected chi connectivity index (χ4v) is 1.38. The molecule has 1 aromatic carbocycles. The summed E-state index contributed by atoms with van der Waals surface area (Å²) in [7, 11) is 1.69. The molecule has 0 spiro atoms. The Bertz CT molecular complexity index is 305. The van der Waals surface area contributed by atoms with Gasteiger partial charge < -0.3 is 17.1 Å². The molecule has 1 nitrogen and oxygen atoms in total. The van der Waals surface area contributed by atoms with Gasteiger partial charge in [-0.1, -0.05) is 38.3 Å². The molecule has 0 N–H and O–H groups in total. The molecule has 15 heavy (non-hydrogen) atoms. The SMILES string of the molecule is [CH2-]c1ccc(OC)cc1C(C)(C)C.[Cl-].[Mg+2]. The van der Waals surface area contributed by atoms with E-state index in [1.54, 1.807) is 7.11 Å². The van der Waals surface area contributed by atoms with Gasteiger partial charge in [-0.25, -0.2) is 0 Å². The van der Waals surface area contributed by atoms with Crippen molar-refractivity contribution in [2.24, 2.45) is 0 Å². The van der Waals surface area contributed by atoms with Crippen LogP contribution in [0.2, 0.25) is 0 Å². The van der Waals surface area contributed by atoms with E-state index in [2.05, 4.69) is 33.8 Å². The third kappa shape index (κ3) is 4.54. The summed E-state index contributed by atoms with van der Waals surface area (Å²) in [4.78, 5) is 0. The van der Waals surface area contributed by atoms with E-state index in [0.717, 1.165) is 11.3 Å². The van der Waals surface area contributed by atoms with Crippen LogP contribution in [0.25, 0.3) is 0 Å². The minimum atomic E-state index is 0. The third-order valence-corrected chi connectivity index (χ3v) is 2.13. The van der Waals surface area contributed by atoms with E-state index in [-0.39, 0.29) is 40.9 Å². The average Bonchev–Trinajstić information content (AvgIpc) is 2.03. The minimum Gasteiger partial charge on any atom is -1.00 e. The van der Waals surface area contributed by atoms with Gasteiger partial charge in [0.1, 0.15) is 0 Å². The maximum absolute atomic E-state index is 5.18. The van der Waals surface area contributed by atoms with Gasteiger partial charge in [0.05, 0.1) is 12.9 Å². The van der Waals surface area contributed by atoms with Crippen LogP contribution >= 0.6 is 0 Å². The zero-order chi connectivity index (χ0) is 10.1. The van der Waals surface area contributed by atoms with Crippen LogP contribution in [0.1, 0.15) is 31.9 Å². The summed E-state index contributed by atoms with van der Waals surface area (Å²) >= 11 is 0. The van der Waals surface area contributed by atoms with E-state index >= 15 is 0 Å². The quantitative estimate of drug-likeness (QED) is 0.485. The Morgan fingerprint density at radius 2 is 1.73 bits per heavy atom. The van der Waals surface area contributed by atoms with Gasteiger partial charge in [0.2, 0.25) is 0 Å². The normalized spacial score (nSPS) is 9.87. The molecule has 0 amide bonds. The summed E-state index contributed by atoms with van der Waals surface area (Å²) in [6, 6.07) is 6.00. The molecule has 0 saturated heterocycles. The second-order valence-corrected chi connectivity index (χ2v) is 4.27. The Kier molecular flexibility index (Phi) is 7.53. The van der Waals surface area contributed by atoms with E-state index in [4.69, 9.17) is 4.74 Å². The number of ether oxygens (including phenoxy) is 1. The fourth-order valence-electron chi connectivity index (χ4n) is 1.38. The van der Waals surface area contributed by atoms with Crippen LogP contribution in [0.5, 0.6) is 5.75 Å². The van der Waals surface area contributed by atoms with Crippen LogP contribution in [-0.2, 0) is 5.41 Å². The first-order valence-corrected chi connectivity index (χ1v) is 4.45. The number of hydrogen-bond acceptors (Lipinski definition) is 1. The summed E-state index contributed by atoms with van der Waals surface area (Å²) < 4.78 is 5.18. The predicted molar refractivity (Wildman–Crippen MR) is 61.9 cm³/mol. The van der Waals surface area contributed by atoms with Crippen LogP contribution in [0.15, 0.2) is 18.2 Å². The summed E-state index contributed by atoms with van der Waals surface area (Å²) in [5.74, 6) is 0.900. The number of methoxy groups -OCH3 is 1. The van der Waals surface area contributed by atoms with Gasteiger partial charge in [-0.2, -0.15) is 18.6 Å². The van der Waals surface area contributed by atoms with Crippen molar-refractivity contribution in [3.05, 3.63) is 36.2 Å². The molecule has 0 saturated carbocycles. The second kappa shape index (κ2) is 6.51. The van der Waals surface area contributed by atoms with Crippen molar-refractivity contribution in [2.75, 3.05) is 7.11 Å². The van der Waals surface area contributed by atoms with Crippen molar-refractivity contribution in [1.29, 1.82) is 0 Å². The molecule has 1 aromatic rings. The van der Waals surface area contributed by atoms with E-state index in [0.29, 0.717) is 0 Å². The molecule has 0 radical (unpaired) electrons. The Hall–Kier alpha value is -0.0538. The topological polar surface area (TPSA) is 9.23 Å². The maximum Gasteiger partial charge on any atom is 2.00 e. The molecule has 80 valence electrons. The Labute approximate surface area is 115 Å². The molecular weight excluding hydrogens is 220 g/mol. The molecule has 0 unspecified atom stereocenters. The van der Waals surface area contributed by atoms with Crippen LogP contribution < -0.4 is 17.1 Å². The summed E-state index contributed by atoms with van der Waals surface area (Å²) in [5, 5.41) is 0. The summed E-state index contributed by atoms with van der Waals surface area (Å²) in [5.41, 5.74) is 2.45. The Morgan fingerprint density at radius 3 is 2.13 bits per heavy atom. The zero-order valence-corrected chi connectivity index (χ0v) is 12.1. The number of benzene rings is 1. The van der Waals surface area contributed by atoms with Crippen LogP contribution in [-0.4, -0.2) is 30.2 Å². The third-order valence-electron chi connectivity index (χ3n) is 2.13. The first-order chi connectivity index (χ1) is 5.95. The second-order valence-electron chi connectivity index (χ2n) is 4.27. The molecule has 0 aliphatic carbocycles. The zero-order valence-electron chi connectivity index (χ0n) is 9.93. The molecule has 0 atom stereocenters. The summed E-state index contributed by atoms with van der Waals surface area (Å²) in [6.07, 6.45) is 0. The van der Waals surface area contributed by atoms with Crippen molar-refractivity contribution < 1.29 is 17.1 Å². The van der Waals surface area contributed by atoms with Gasteiger partial charge in [0.15, 0.2) is 0 Å². The molecule has 0 fully saturated rings. The molecular formula is C12H17ClMgO. The van der Waals surface area contributed by atoms with E-state index < -0.39 is 0 Å². The summed E-state index contributed by atoms with van der Waals surface area (Å²) in [6.45, 7) is 10.5. The first-order valence-electron chi connectivity index (χ1n) is 4.45. The van der Waals surface area contributed by atoms with Crippen molar-refractivity contribution >= 4 is 23.1 Å². The van der Waals surface area contributed by atoms with Crippen molar-refractivity contribution in [3.8, 4) is 5.75 Å². The Balaban J connectivity index is 0. The van der Waals surface area contributed by atoms with Gasteiger partial charge in [0.25, 0.3) is 0 Å². The molecule has 0 bridgehead atoms. The van der Waals surface area contributed by atoms with Gasteiger partial charge in [-0.05, 0) is 0 Å². The van der Waals surface area contributed by atoms with Crippen molar-refractivity contribution in [2.45, 2.75) is 26.2 Å². The van der Waals surface area contributed by atoms with E-state index in [9.17, 15) is 0 Å². The number of halogens is 1. The van der Waals surface area contributed by atoms with Crippen LogP contribution in [0.4, 0.5) is 0 Å². The Morgan fingerprint density at radius 1 is 1.20 bits per heavy atom. The van der Waals surface area contributed by atoms with Crippen molar-refractivity contribution in [1.82, 2.24) is 0 Å². The van der Waals surface area contributed by atoms with Gasteiger partial charge in [-0.3, -0.25) is 0 Å². The van der Waals surface area contributed by atoms with Crippen LogP contribution in [0.3, 0.4) is 0 Å². The number of hydrogen-bond donors (Lipinski definition) is 0. The minimum absolute atomic E-state index is 0. The molecule has 0 heterocycles. The molecule has 0 aliphatic rings. The fraction of sp³-hybridized carbons (Fsp3) is 0.417. The van der Waals surface area contributed by atoms with Gasteiger partial charge >= 0.3 is 23.1 Å². The number of rotatable bonds is 1. The van der Waals surface area contributed by atoms with E-state index in [1.165, 1.54) is 5.56 Å². The van der Waals surface area contributed by atoms with Crippen LogP contribution in [0, 0.1) is 6.92 Å². The first kappa shape index (κ1) is 17.3. The molecule has 0 aromatic heterocycles. The molecule has 0 aliphatic heterocycles. The molecule has 1 rings (SSSR count). The molecule has 3 heteroatoms. The van der Waals surface area contributed by atoms with Crippen molar-refractivity contribution in [3.63, 3.8) is 0 Å². The monoisotopic (exact) mass is 236 g/mol. The van der Waals surface area contributed by atoms with Gasteiger partial charge in [0, 0.05) is 0 Å². The average molecular weight is 237 g/mol. The smallest absolute Gasteiger partial charge is 1.00 e.